The SMILES string of the molecule is COc1ccc(C(=O)c2oc3ccccc3c2NC(=O)c2cccc(Cl)c2)cc1. The number of anilines is 1. The molecule has 0 spiro atoms. The Kier molecular flexibility index (Phi) is 5.06. The molecule has 3 aromatic carbocycles. The minimum absolute atomic E-state index is 0.0618. The first-order valence-corrected chi connectivity index (χ1v) is 9.22. The van der Waals surface area contributed by atoms with Gasteiger partial charge in [0.1, 0.15) is 11.3 Å². The van der Waals surface area contributed by atoms with Crippen molar-refractivity contribution in [1.29, 1.82) is 0 Å². The van der Waals surface area contributed by atoms with E-state index in [1.54, 1.807) is 73.8 Å². The summed E-state index contributed by atoms with van der Waals surface area (Å²) in [4.78, 5) is 25.9. The Morgan fingerprint density at radius 3 is 2.41 bits per heavy atom. The number of methoxy groups -OCH3 is 1. The molecule has 5 nitrogen and oxygen atoms in total. The van der Waals surface area contributed by atoms with E-state index in [9.17, 15) is 9.59 Å². The van der Waals surface area contributed by atoms with Crippen molar-refractivity contribution in [3.05, 3.63) is 94.7 Å². The fraction of sp³-hybridized carbons (Fsp3) is 0.0435. The summed E-state index contributed by atoms with van der Waals surface area (Å²) in [5, 5.41) is 3.90. The maximum atomic E-state index is 13.1. The topological polar surface area (TPSA) is 68.5 Å². The van der Waals surface area contributed by atoms with Gasteiger partial charge >= 0.3 is 0 Å². The highest BCUT2D eigenvalue weighted by molar-refractivity contribution is 6.31. The van der Waals surface area contributed by atoms with Crippen LogP contribution < -0.4 is 10.1 Å². The molecule has 0 saturated carbocycles. The highest BCUT2D eigenvalue weighted by Crippen LogP contribution is 2.33. The van der Waals surface area contributed by atoms with Crippen molar-refractivity contribution >= 4 is 39.9 Å². The molecular weight excluding hydrogens is 390 g/mol. The molecule has 0 atom stereocenters. The zero-order valence-corrected chi connectivity index (χ0v) is 16.2. The van der Waals surface area contributed by atoms with Crippen molar-refractivity contribution in [2.75, 3.05) is 12.4 Å². The Labute approximate surface area is 171 Å². The van der Waals surface area contributed by atoms with Crippen LogP contribution in [-0.4, -0.2) is 18.8 Å². The van der Waals surface area contributed by atoms with E-state index in [4.69, 9.17) is 20.8 Å². The Morgan fingerprint density at radius 1 is 0.931 bits per heavy atom. The van der Waals surface area contributed by atoms with Crippen LogP contribution in [0.15, 0.2) is 77.2 Å². The predicted octanol–water partition coefficient (Wildman–Crippen LogP) is 5.58. The van der Waals surface area contributed by atoms with E-state index in [0.717, 1.165) is 0 Å². The monoisotopic (exact) mass is 405 g/mol. The highest BCUT2D eigenvalue weighted by Gasteiger charge is 2.23. The molecule has 4 rings (SSSR count). The first-order valence-electron chi connectivity index (χ1n) is 8.84. The molecule has 0 aliphatic carbocycles. The number of halogens is 1. The molecule has 1 amide bonds. The number of hydrogen-bond acceptors (Lipinski definition) is 4. The number of carbonyl (C=O) groups is 2. The number of carbonyl (C=O) groups excluding carboxylic acids is 2. The van der Waals surface area contributed by atoms with Crippen LogP contribution in [0, 0.1) is 0 Å². The number of furan rings is 1. The highest BCUT2D eigenvalue weighted by atomic mass is 35.5. The second-order valence-electron chi connectivity index (χ2n) is 6.32. The van der Waals surface area contributed by atoms with E-state index in [1.807, 2.05) is 6.07 Å². The van der Waals surface area contributed by atoms with Gasteiger partial charge in [0.2, 0.25) is 5.78 Å². The van der Waals surface area contributed by atoms with Crippen LogP contribution in [0.1, 0.15) is 26.5 Å². The standard InChI is InChI=1S/C23H16ClNO4/c1-28-17-11-9-14(10-12-17)21(26)22-20(18-7-2-3-8-19(18)29-22)25-23(27)15-5-4-6-16(24)13-15/h2-13H,1H3,(H,25,27). The predicted molar refractivity (Wildman–Crippen MR) is 112 cm³/mol. The van der Waals surface area contributed by atoms with Gasteiger partial charge in [-0.3, -0.25) is 9.59 Å². The normalized spacial score (nSPS) is 10.7. The van der Waals surface area contributed by atoms with Crippen molar-refractivity contribution < 1.29 is 18.7 Å². The number of hydrogen-bond donors (Lipinski definition) is 1. The number of amides is 1. The fourth-order valence-corrected chi connectivity index (χ4v) is 3.21. The summed E-state index contributed by atoms with van der Waals surface area (Å²) in [5.41, 5.74) is 1.63. The summed E-state index contributed by atoms with van der Waals surface area (Å²) in [6.07, 6.45) is 0. The minimum atomic E-state index is -0.386. The molecule has 0 fully saturated rings. The lowest BCUT2D eigenvalue weighted by molar-refractivity contribution is 0.101. The van der Waals surface area contributed by atoms with Gasteiger partial charge in [0.05, 0.1) is 12.8 Å². The Bertz CT molecular complexity index is 1210. The number of ether oxygens (including phenoxy) is 1. The Morgan fingerprint density at radius 2 is 1.69 bits per heavy atom. The van der Waals surface area contributed by atoms with Gasteiger partial charge in [-0.1, -0.05) is 29.8 Å². The quantitative estimate of drug-likeness (QED) is 0.440. The smallest absolute Gasteiger partial charge is 0.255 e. The Hall–Kier alpha value is -3.57. The molecule has 4 aromatic rings. The Balaban J connectivity index is 1.76. The first-order chi connectivity index (χ1) is 14.1. The zero-order chi connectivity index (χ0) is 20.4. The summed E-state index contributed by atoms with van der Waals surface area (Å²) in [5.74, 6) is -0.0273. The lowest BCUT2D eigenvalue weighted by atomic mass is 10.1. The molecule has 0 aliphatic heterocycles. The lowest BCUT2D eigenvalue weighted by Gasteiger charge is -2.07. The molecular formula is C23H16ClNO4. The third kappa shape index (κ3) is 3.73. The fourth-order valence-electron chi connectivity index (χ4n) is 3.02. The molecule has 0 unspecified atom stereocenters. The van der Waals surface area contributed by atoms with Gasteiger partial charge in [0.25, 0.3) is 5.91 Å². The van der Waals surface area contributed by atoms with Gasteiger partial charge in [0.15, 0.2) is 5.76 Å². The van der Waals surface area contributed by atoms with Crippen molar-refractivity contribution in [2.45, 2.75) is 0 Å². The lowest BCUT2D eigenvalue weighted by Crippen LogP contribution is -2.14. The first kappa shape index (κ1) is 18.8. The second kappa shape index (κ2) is 7.81. The van der Waals surface area contributed by atoms with Crippen LogP contribution in [0.5, 0.6) is 5.75 Å². The van der Waals surface area contributed by atoms with Crippen molar-refractivity contribution in [3.8, 4) is 5.75 Å². The molecule has 6 heteroatoms. The maximum Gasteiger partial charge on any atom is 0.255 e. The minimum Gasteiger partial charge on any atom is -0.497 e. The molecule has 0 saturated heterocycles. The van der Waals surface area contributed by atoms with Crippen LogP contribution in [0.25, 0.3) is 11.0 Å². The van der Waals surface area contributed by atoms with Gasteiger partial charge in [-0.15, -0.1) is 0 Å². The molecule has 0 radical (unpaired) electrons. The van der Waals surface area contributed by atoms with Crippen LogP contribution in [0.4, 0.5) is 5.69 Å². The molecule has 1 heterocycles. The van der Waals surface area contributed by atoms with Gasteiger partial charge in [-0.2, -0.15) is 0 Å². The molecule has 1 aromatic heterocycles. The summed E-state index contributed by atoms with van der Waals surface area (Å²) < 4.78 is 10.9. The van der Waals surface area contributed by atoms with Crippen LogP contribution in [-0.2, 0) is 0 Å². The van der Waals surface area contributed by atoms with E-state index in [1.165, 1.54) is 0 Å². The number of ketones is 1. The van der Waals surface area contributed by atoms with Crippen LogP contribution >= 0.6 is 11.6 Å². The van der Waals surface area contributed by atoms with Crippen molar-refractivity contribution in [2.24, 2.45) is 0 Å². The summed E-state index contributed by atoms with van der Waals surface area (Å²) in [7, 11) is 1.56. The van der Waals surface area contributed by atoms with Crippen molar-refractivity contribution in [3.63, 3.8) is 0 Å². The number of para-hydroxylation sites is 1. The molecule has 0 bridgehead atoms. The van der Waals surface area contributed by atoms with Crippen LogP contribution in [0.2, 0.25) is 5.02 Å². The summed E-state index contributed by atoms with van der Waals surface area (Å²) in [6, 6.07) is 20.4. The van der Waals surface area contributed by atoms with Crippen molar-refractivity contribution in [1.82, 2.24) is 0 Å². The van der Waals surface area contributed by atoms with E-state index < -0.39 is 0 Å². The third-order valence-electron chi connectivity index (χ3n) is 4.48. The van der Waals surface area contributed by atoms with Gasteiger partial charge in [-0.25, -0.2) is 0 Å². The largest absolute Gasteiger partial charge is 0.497 e. The molecule has 1 N–H and O–H groups in total. The summed E-state index contributed by atoms with van der Waals surface area (Å²) >= 11 is 5.99. The molecule has 144 valence electrons. The van der Waals surface area contributed by atoms with Crippen LogP contribution in [0.3, 0.4) is 0 Å². The number of fused-ring (bicyclic) bond motifs is 1. The average molecular weight is 406 g/mol. The van der Waals surface area contributed by atoms with Gasteiger partial charge in [-0.05, 0) is 54.6 Å². The van der Waals surface area contributed by atoms with E-state index in [0.29, 0.717) is 38.6 Å². The average Bonchev–Trinajstić information content (AvgIpc) is 3.11. The summed E-state index contributed by atoms with van der Waals surface area (Å²) in [6.45, 7) is 0. The number of rotatable bonds is 5. The van der Waals surface area contributed by atoms with Gasteiger partial charge < -0.3 is 14.5 Å². The number of benzene rings is 3. The van der Waals surface area contributed by atoms with Gasteiger partial charge in [0, 0.05) is 21.5 Å². The van der Waals surface area contributed by atoms with E-state index >= 15 is 0 Å². The molecule has 0 aliphatic rings. The second-order valence-corrected chi connectivity index (χ2v) is 6.76. The molecule has 29 heavy (non-hydrogen) atoms. The number of nitrogens with one attached hydrogen (secondary N) is 1. The third-order valence-corrected chi connectivity index (χ3v) is 4.71. The van der Waals surface area contributed by atoms with E-state index in [-0.39, 0.29) is 17.5 Å². The maximum absolute atomic E-state index is 13.1. The van der Waals surface area contributed by atoms with E-state index in [2.05, 4.69) is 5.32 Å². The zero-order valence-electron chi connectivity index (χ0n) is 15.4.